The normalized spacial score (nSPS) is 41.1. The van der Waals surface area contributed by atoms with Crippen molar-refractivity contribution < 1.29 is 5.11 Å². The van der Waals surface area contributed by atoms with E-state index >= 15 is 0 Å². The summed E-state index contributed by atoms with van der Waals surface area (Å²) in [5, 5.41) is 10.1. The second-order valence-corrected chi connectivity index (χ2v) is 6.48. The van der Waals surface area contributed by atoms with Gasteiger partial charge >= 0.3 is 0 Å². The van der Waals surface area contributed by atoms with Crippen LogP contribution in [0.1, 0.15) is 65.2 Å². The van der Waals surface area contributed by atoms with E-state index in [1.54, 1.807) is 0 Å². The van der Waals surface area contributed by atoms with Crippen molar-refractivity contribution in [3.05, 3.63) is 0 Å². The Kier molecular flexibility index (Phi) is 4.48. The molecule has 1 aliphatic carbocycles. The number of aliphatic hydroxyl groups is 1. The molecular weight excluding hydrogens is 210 g/mol. The van der Waals surface area contributed by atoms with Gasteiger partial charge in [0.1, 0.15) is 0 Å². The van der Waals surface area contributed by atoms with Crippen LogP contribution < -0.4 is 0 Å². The van der Waals surface area contributed by atoms with Gasteiger partial charge in [-0.05, 0) is 51.5 Å². The Bertz CT molecular complexity index is 239. The molecule has 0 amide bonds. The van der Waals surface area contributed by atoms with E-state index in [2.05, 4.69) is 11.8 Å². The van der Waals surface area contributed by atoms with Crippen LogP contribution in [0.4, 0.5) is 0 Å². The van der Waals surface area contributed by atoms with Gasteiger partial charge in [0.15, 0.2) is 0 Å². The van der Waals surface area contributed by atoms with Crippen LogP contribution in [-0.4, -0.2) is 34.7 Å². The second kappa shape index (κ2) is 5.71. The Balaban J connectivity index is 1.88. The molecule has 17 heavy (non-hydrogen) atoms. The third-order valence-electron chi connectivity index (χ3n) is 4.95. The van der Waals surface area contributed by atoms with Crippen LogP contribution >= 0.6 is 0 Å². The number of hydrogen-bond donors (Lipinski definition) is 1. The molecule has 1 N–H and O–H groups in total. The third kappa shape index (κ3) is 3.69. The summed E-state index contributed by atoms with van der Waals surface area (Å²) < 4.78 is 0. The fraction of sp³-hybridized carbons (Fsp3) is 1.00. The highest BCUT2D eigenvalue weighted by atomic mass is 16.3. The second-order valence-electron chi connectivity index (χ2n) is 6.48. The van der Waals surface area contributed by atoms with E-state index in [0.29, 0.717) is 0 Å². The first-order valence-corrected chi connectivity index (χ1v) is 7.57. The van der Waals surface area contributed by atoms with Crippen molar-refractivity contribution in [3.8, 4) is 0 Å². The van der Waals surface area contributed by atoms with E-state index in [9.17, 15) is 5.11 Å². The Morgan fingerprint density at radius 3 is 2.76 bits per heavy atom. The van der Waals surface area contributed by atoms with Crippen LogP contribution in [0.25, 0.3) is 0 Å². The molecular formula is C15H29NO. The van der Waals surface area contributed by atoms with Crippen molar-refractivity contribution in [1.29, 1.82) is 0 Å². The highest BCUT2D eigenvalue weighted by Gasteiger charge is 2.30. The van der Waals surface area contributed by atoms with Crippen molar-refractivity contribution in [2.75, 3.05) is 13.1 Å². The lowest BCUT2D eigenvalue weighted by molar-refractivity contribution is 0.0410. The number of rotatable bonds is 2. The van der Waals surface area contributed by atoms with Gasteiger partial charge in [0.25, 0.3) is 0 Å². The summed E-state index contributed by atoms with van der Waals surface area (Å²) in [6, 6.07) is 0.808. The summed E-state index contributed by atoms with van der Waals surface area (Å²) in [7, 11) is 0. The lowest BCUT2D eigenvalue weighted by atomic mass is 9.83. The molecule has 1 heterocycles. The molecule has 100 valence electrons. The van der Waals surface area contributed by atoms with Crippen LogP contribution in [0.2, 0.25) is 0 Å². The van der Waals surface area contributed by atoms with Crippen LogP contribution in [0.5, 0.6) is 0 Å². The number of hydrogen-bond acceptors (Lipinski definition) is 2. The first kappa shape index (κ1) is 13.4. The molecule has 1 saturated heterocycles. The lowest BCUT2D eigenvalue weighted by Crippen LogP contribution is -2.40. The van der Waals surface area contributed by atoms with Crippen LogP contribution in [0.3, 0.4) is 0 Å². The van der Waals surface area contributed by atoms with Crippen molar-refractivity contribution in [3.63, 3.8) is 0 Å². The zero-order valence-corrected chi connectivity index (χ0v) is 11.6. The largest absolute Gasteiger partial charge is 0.390 e. The fourth-order valence-corrected chi connectivity index (χ4v) is 3.61. The van der Waals surface area contributed by atoms with Crippen LogP contribution in [0, 0.1) is 5.92 Å². The maximum Gasteiger partial charge on any atom is 0.0632 e. The van der Waals surface area contributed by atoms with E-state index in [1.807, 2.05) is 6.92 Å². The van der Waals surface area contributed by atoms with Crippen molar-refractivity contribution >= 4 is 0 Å². The van der Waals surface area contributed by atoms with Gasteiger partial charge < -0.3 is 10.0 Å². The number of nitrogens with zero attached hydrogens (tertiary/aromatic N) is 1. The maximum absolute atomic E-state index is 10.1. The van der Waals surface area contributed by atoms with Gasteiger partial charge in [-0.25, -0.2) is 0 Å². The molecule has 0 aromatic rings. The minimum atomic E-state index is -0.409. The zero-order valence-electron chi connectivity index (χ0n) is 11.6. The summed E-state index contributed by atoms with van der Waals surface area (Å²) in [5.74, 6) is 0.956. The average molecular weight is 239 g/mol. The molecule has 0 aromatic heterocycles. The van der Waals surface area contributed by atoms with Gasteiger partial charge in [-0.3, -0.25) is 0 Å². The van der Waals surface area contributed by atoms with Crippen molar-refractivity contribution in [1.82, 2.24) is 4.90 Å². The van der Waals surface area contributed by atoms with E-state index in [-0.39, 0.29) is 0 Å². The Labute approximate surface area is 106 Å². The van der Waals surface area contributed by atoms with Gasteiger partial charge in [-0.15, -0.1) is 0 Å². The molecule has 3 unspecified atom stereocenters. The van der Waals surface area contributed by atoms with Gasteiger partial charge in [-0.1, -0.05) is 26.2 Å². The molecule has 1 saturated carbocycles. The van der Waals surface area contributed by atoms with Crippen LogP contribution in [-0.2, 0) is 0 Å². The van der Waals surface area contributed by atoms with E-state index in [0.717, 1.165) is 31.3 Å². The maximum atomic E-state index is 10.1. The minimum absolute atomic E-state index is 0.409. The lowest BCUT2D eigenvalue weighted by Gasteiger charge is -2.37. The molecule has 2 fully saturated rings. The molecule has 2 heteroatoms. The molecule has 0 radical (unpaired) electrons. The minimum Gasteiger partial charge on any atom is -0.390 e. The highest BCUT2D eigenvalue weighted by Crippen LogP contribution is 2.32. The first-order chi connectivity index (χ1) is 8.11. The highest BCUT2D eigenvalue weighted by molar-refractivity contribution is 4.85. The number of likely N-dealkylation sites (tertiary alicyclic amines) is 1. The van der Waals surface area contributed by atoms with Gasteiger partial charge in [0.2, 0.25) is 0 Å². The Morgan fingerprint density at radius 2 is 2.00 bits per heavy atom. The van der Waals surface area contributed by atoms with Gasteiger partial charge in [-0.2, -0.15) is 0 Å². The van der Waals surface area contributed by atoms with Crippen molar-refractivity contribution in [2.24, 2.45) is 5.92 Å². The SMILES string of the molecule is CCC1CCCC(N2CCCC(C)(O)CC2)C1. The fourth-order valence-electron chi connectivity index (χ4n) is 3.61. The molecule has 0 spiro atoms. The van der Waals surface area contributed by atoms with Gasteiger partial charge in [0.05, 0.1) is 5.60 Å². The molecule has 2 rings (SSSR count). The molecule has 2 aliphatic rings. The molecule has 0 bridgehead atoms. The summed E-state index contributed by atoms with van der Waals surface area (Å²) in [6.07, 6.45) is 10.1. The van der Waals surface area contributed by atoms with Crippen molar-refractivity contribution in [2.45, 2.75) is 76.9 Å². The monoisotopic (exact) mass is 239 g/mol. The zero-order chi connectivity index (χ0) is 12.3. The molecule has 3 atom stereocenters. The third-order valence-corrected chi connectivity index (χ3v) is 4.95. The average Bonchev–Trinajstić information content (AvgIpc) is 2.50. The van der Waals surface area contributed by atoms with Gasteiger partial charge in [0, 0.05) is 12.6 Å². The summed E-state index contributed by atoms with van der Waals surface area (Å²) >= 11 is 0. The van der Waals surface area contributed by atoms with E-state index in [4.69, 9.17) is 0 Å². The summed E-state index contributed by atoms with van der Waals surface area (Å²) in [6.45, 7) is 6.65. The first-order valence-electron chi connectivity index (χ1n) is 7.57. The molecule has 1 aliphatic heterocycles. The predicted molar refractivity (Wildman–Crippen MR) is 72.1 cm³/mol. The Hall–Kier alpha value is -0.0800. The molecule has 0 aromatic carbocycles. The van der Waals surface area contributed by atoms with Crippen LogP contribution in [0.15, 0.2) is 0 Å². The van der Waals surface area contributed by atoms with E-state index < -0.39 is 5.60 Å². The smallest absolute Gasteiger partial charge is 0.0632 e. The summed E-state index contributed by atoms with van der Waals surface area (Å²) in [5.41, 5.74) is -0.409. The Morgan fingerprint density at radius 1 is 1.18 bits per heavy atom. The standard InChI is InChI=1S/C15H29NO/c1-3-13-6-4-7-14(12-13)16-10-5-8-15(2,17)9-11-16/h13-14,17H,3-12H2,1-2H3. The molecule has 2 nitrogen and oxygen atoms in total. The quantitative estimate of drug-likeness (QED) is 0.800. The summed E-state index contributed by atoms with van der Waals surface area (Å²) in [4.78, 5) is 2.67. The topological polar surface area (TPSA) is 23.5 Å². The predicted octanol–water partition coefficient (Wildman–Crippen LogP) is 3.19. The van der Waals surface area contributed by atoms with E-state index in [1.165, 1.54) is 45.1 Å².